The van der Waals surface area contributed by atoms with E-state index in [1.54, 1.807) is 91.2 Å². The van der Waals surface area contributed by atoms with Crippen LogP contribution in [0.25, 0.3) is 0 Å². The number of benzene rings is 5. The summed E-state index contributed by atoms with van der Waals surface area (Å²) < 4.78 is 90.4. The molecule has 0 aliphatic heterocycles. The Kier molecular flexibility index (Phi) is 274. The van der Waals surface area contributed by atoms with Gasteiger partial charge in [0.1, 0.15) is 83.9 Å². The van der Waals surface area contributed by atoms with Crippen molar-refractivity contribution in [2.45, 2.75) is 13.3 Å². The molecule has 0 amide bonds. The summed E-state index contributed by atoms with van der Waals surface area (Å²) in [5.41, 5.74) is 0. The van der Waals surface area contributed by atoms with E-state index in [0.29, 0.717) is 151 Å². The molecule has 0 bridgehead atoms. The van der Waals surface area contributed by atoms with E-state index in [0.717, 1.165) is 48.4 Å². The van der Waals surface area contributed by atoms with Crippen LogP contribution in [0.4, 0.5) is 0 Å². The fourth-order valence-corrected chi connectivity index (χ4v) is 5.74. The molecular formula is C69H116O29W21. The van der Waals surface area contributed by atoms with Gasteiger partial charge in [-0.2, -0.15) is 0 Å². The Labute approximate surface area is 1010 Å². The number of aromatic hydroxyl groups is 4. The number of aliphatic hydroxyl groups is 7. The van der Waals surface area contributed by atoms with Crippen molar-refractivity contribution >= 4 is 0 Å². The Balaban J connectivity index is -0.0000000363. The summed E-state index contributed by atoms with van der Waals surface area (Å²) in [4.78, 5) is 0. The molecule has 11 N–H and O–H groups in total. The first kappa shape index (κ1) is 194. The van der Waals surface area contributed by atoms with Crippen LogP contribution in [-0.4, -0.2) is 304 Å². The summed E-state index contributed by atoms with van der Waals surface area (Å²) in [7, 11) is 9.76. The van der Waals surface area contributed by atoms with Gasteiger partial charge in [-0.25, -0.2) is 0 Å². The van der Waals surface area contributed by atoms with E-state index in [1.807, 2.05) is 48.5 Å². The number of aliphatic hydroxyl groups excluding tert-OH is 7. The SMILES string of the molecule is CCCOCCOC.COCCOCCO.COCCOCCO.COCCOCCOc1ccc(OCCOCCO)cc1.COc1ccc(O)cc1.COc1ccc(OCCOCCO)cc1.OCCOCCO.OCCOCCOc1ccc(O)cc1.Oc1ccc(O)cc1.[W].[W].[W].[W].[W].[W].[W].[W].[W].[W].[W].[W].[W].[W].[W].[W].[W].[W].[W].[W].[W]. The van der Waals surface area contributed by atoms with Crippen molar-refractivity contribution in [3.8, 4) is 57.5 Å². The molecule has 0 spiro atoms. The van der Waals surface area contributed by atoms with Gasteiger partial charge in [0, 0.05) is 477 Å². The molecule has 0 saturated carbocycles. The Hall–Kier alpha value is 7.79. The van der Waals surface area contributed by atoms with Crippen molar-refractivity contribution < 1.29 is 584 Å². The predicted octanol–water partition coefficient (Wildman–Crippen LogP) is 4.76. The maximum atomic E-state index is 8.99. The van der Waals surface area contributed by atoms with Gasteiger partial charge in [0.15, 0.2) is 0 Å². The molecule has 5 aromatic carbocycles. The summed E-state index contributed by atoms with van der Waals surface area (Å²) in [6.45, 7) is 14.4. The quantitative estimate of drug-likeness (QED) is 0.0185. The first-order chi connectivity index (χ1) is 47.8. The average molecular weight is 5270 g/mol. The Morgan fingerprint density at radius 2 is 0.311 bits per heavy atom. The van der Waals surface area contributed by atoms with Gasteiger partial charge in [0.25, 0.3) is 0 Å². The van der Waals surface area contributed by atoms with Crippen LogP contribution in [0.3, 0.4) is 0 Å². The number of methoxy groups -OCH3 is 6. The van der Waals surface area contributed by atoms with Crippen molar-refractivity contribution in [3.63, 3.8) is 0 Å². The third-order valence-corrected chi connectivity index (χ3v) is 10.4. The molecule has 5 rings (SSSR count). The maximum absolute atomic E-state index is 8.99. The van der Waals surface area contributed by atoms with Crippen LogP contribution in [0.5, 0.6) is 57.5 Å². The van der Waals surface area contributed by atoms with Crippen LogP contribution in [0, 0.1) is 0 Å². The molecule has 0 radical (unpaired) electrons. The molecule has 0 unspecified atom stereocenters. The largest absolute Gasteiger partial charge is 0.508 e. The second-order valence-corrected chi connectivity index (χ2v) is 18.2. The number of hydrogen-bond donors (Lipinski definition) is 11. The fraction of sp³-hybridized carbons (Fsp3) is 0.565. The van der Waals surface area contributed by atoms with Gasteiger partial charge in [-0.15, -0.1) is 0 Å². The zero-order valence-corrected chi connectivity index (χ0v) is 129. The molecular weight excluding hydrogens is 5150 g/mol. The van der Waals surface area contributed by atoms with Crippen molar-refractivity contribution in [1.82, 2.24) is 0 Å². The molecule has 0 fully saturated rings. The van der Waals surface area contributed by atoms with Crippen molar-refractivity contribution in [2.75, 3.05) is 247 Å². The molecule has 0 heterocycles. The molecule has 0 saturated heterocycles. The van der Waals surface area contributed by atoms with Crippen LogP contribution < -0.4 is 28.4 Å². The topological polar surface area (TPSA) is 389 Å². The molecule has 692 valence electrons. The number of phenols is 4. The van der Waals surface area contributed by atoms with E-state index >= 15 is 0 Å². The normalized spacial score (nSPS) is 8.12. The Morgan fingerprint density at radius 1 is 0.176 bits per heavy atom. The van der Waals surface area contributed by atoms with Crippen LogP contribution in [0.2, 0.25) is 0 Å². The smallest absolute Gasteiger partial charge is 0.119 e. The minimum atomic E-state index is 0. The third-order valence-electron chi connectivity index (χ3n) is 10.4. The molecule has 0 aromatic heterocycles. The zero-order valence-electron chi connectivity index (χ0n) is 67.0. The molecule has 119 heavy (non-hydrogen) atoms. The monoisotopic (exact) mass is 5270 g/mol. The summed E-state index contributed by atoms with van der Waals surface area (Å²) in [6.07, 6.45) is 1.09. The van der Waals surface area contributed by atoms with E-state index < -0.39 is 0 Å². The Bertz CT molecular complexity index is 2250. The van der Waals surface area contributed by atoms with Crippen LogP contribution in [0.1, 0.15) is 13.3 Å². The van der Waals surface area contributed by atoms with Gasteiger partial charge in [0.05, 0.1) is 186 Å². The van der Waals surface area contributed by atoms with Crippen LogP contribution in [-0.2, 0) is 499 Å². The molecule has 50 heteroatoms. The predicted molar refractivity (Wildman–Crippen MR) is 368 cm³/mol. The van der Waals surface area contributed by atoms with Gasteiger partial charge in [0.2, 0.25) is 0 Å². The molecule has 0 aliphatic rings. The van der Waals surface area contributed by atoms with E-state index in [4.69, 9.17) is 127 Å². The van der Waals surface area contributed by atoms with Gasteiger partial charge in [-0.1, -0.05) is 6.92 Å². The van der Waals surface area contributed by atoms with E-state index in [-0.39, 0.29) is 512 Å². The Morgan fingerprint density at radius 3 is 0.479 bits per heavy atom. The number of hydrogen-bond acceptors (Lipinski definition) is 29. The minimum Gasteiger partial charge on any atom is -0.508 e. The number of rotatable bonds is 46. The van der Waals surface area contributed by atoms with E-state index in [1.165, 1.54) is 24.3 Å². The first-order valence-electron chi connectivity index (χ1n) is 31.5. The summed E-state index contributed by atoms with van der Waals surface area (Å²) in [5.74, 6) is 5.38. The minimum absolute atomic E-state index is 0. The standard InChI is InChI=1S/C15H24O6.C11H16O4.C10H14O4.C7H8O2.C6H6O2.C6H14O2.2C5H12O3.C4H10O3.21W/c1-17-8-9-19-11-13-21-15-4-2-14(3-5-15)20-12-10-18-7-6-16;1-13-10-2-4-11(5-3-10)15-9-8-14-7-6-12;11-5-6-13-7-8-14-10-3-1-9(12)2-4-10;1-9-7-4-2-6(8)3-5-7;7-5-1-2-6(8)4-3-5;1-3-4-8-6-5-7-2;2*1-7-4-5-8-3-2-6;5-1-3-7-4-2-6;;;;;;;;;;;;;;;;;;;;;/h2-5,16H,6-13H2,1H3;2-5,12H,6-9H2,1H3;1-4,11-12H,5-8H2;2-5,8H,1H3;1-4,7-8H;3-6H2,1-2H3;2*6H,2-5H2,1H3;5-6H,1-4H2;;;;;;;;;;;;;;;;;;;;;. The number of ether oxygens (including phenoxy) is 18. The molecule has 29 nitrogen and oxygen atoms in total. The molecule has 0 atom stereocenters. The first-order valence-corrected chi connectivity index (χ1v) is 31.5. The number of phenolic OH excluding ortho intramolecular Hbond substituents is 4. The molecule has 5 aromatic rings. The second-order valence-electron chi connectivity index (χ2n) is 18.2. The van der Waals surface area contributed by atoms with Crippen molar-refractivity contribution in [1.29, 1.82) is 0 Å². The summed E-state index contributed by atoms with van der Waals surface area (Å²) in [5, 5.41) is 93.1. The van der Waals surface area contributed by atoms with Crippen LogP contribution in [0.15, 0.2) is 121 Å². The van der Waals surface area contributed by atoms with Crippen molar-refractivity contribution in [3.05, 3.63) is 121 Å². The average Bonchev–Trinajstić information content (AvgIpc) is 0.957. The van der Waals surface area contributed by atoms with Gasteiger partial charge < -0.3 is 141 Å². The van der Waals surface area contributed by atoms with Gasteiger partial charge >= 0.3 is 0 Å². The third kappa shape index (κ3) is 160. The van der Waals surface area contributed by atoms with Crippen LogP contribution >= 0.6 is 0 Å². The fourth-order valence-electron chi connectivity index (χ4n) is 5.74. The molecule has 0 aliphatic carbocycles. The van der Waals surface area contributed by atoms with Gasteiger partial charge in [-0.3, -0.25) is 0 Å². The van der Waals surface area contributed by atoms with Crippen molar-refractivity contribution in [2.24, 2.45) is 0 Å². The van der Waals surface area contributed by atoms with Gasteiger partial charge in [-0.05, 0) is 128 Å². The van der Waals surface area contributed by atoms with E-state index in [9.17, 15) is 0 Å². The summed E-state index contributed by atoms with van der Waals surface area (Å²) in [6, 6.07) is 33.5. The zero-order chi connectivity index (χ0) is 73.3. The summed E-state index contributed by atoms with van der Waals surface area (Å²) >= 11 is 0. The van der Waals surface area contributed by atoms with E-state index in [2.05, 4.69) is 21.1 Å². The second kappa shape index (κ2) is 169. The maximum Gasteiger partial charge on any atom is 0.119 e.